The monoisotopic (exact) mass is 286 g/mol. The Morgan fingerprint density at radius 1 is 1.10 bits per heavy atom. The Kier molecular flexibility index (Phi) is 4.33. The van der Waals surface area contributed by atoms with Crippen molar-refractivity contribution >= 4 is 17.3 Å². The summed E-state index contributed by atoms with van der Waals surface area (Å²) in [5.74, 6) is 0.861. The summed E-state index contributed by atoms with van der Waals surface area (Å²) in [5, 5.41) is 0. The van der Waals surface area contributed by atoms with Gasteiger partial charge >= 0.3 is 0 Å². The van der Waals surface area contributed by atoms with Crippen molar-refractivity contribution in [3.63, 3.8) is 0 Å². The van der Waals surface area contributed by atoms with Crippen molar-refractivity contribution in [2.75, 3.05) is 31.9 Å². The summed E-state index contributed by atoms with van der Waals surface area (Å²) in [7, 11) is 4.75. The summed E-state index contributed by atoms with van der Waals surface area (Å²) in [6.45, 7) is 0. The first kappa shape index (κ1) is 14.7. The van der Waals surface area contributed by atoms with Gasteiger partial charge in [-0.15, -0.1) is 0 Å². The van der Waals surface area contributed by atoms with Crippen LogP contribution in [-0.4, -0.2) is 27.2 Å². The molecule has 110 valence electrons. The molecule has 0 spiro atoms. The Labute approximate surface area is 123 Å². The highest BCUT2D eigenvalue weighted by molar-refractivity contribution is 6.09. The second-order valence-electron chi connectivity index (χ2n) is 4.49. The lowest BCUT2D eigenvalue weighted by atomic mass is 10.1. The topological polar surface area (TPSA) is 64.8 Å². The van der Waals surface area contributed by atoms with Crippen molar-refractivity contribution in [3.8, 4) is 11.5 Å². The minimum atomic E-state index is -0.219. The molecule has 0 aliphatic carbocycles. The van der Waals surface area contributed by atoms with E-state index in [1.165, 1.54) is 12.0 Å². The van der Waals surface area contributed by atoms with Crippen LogP contribution < -0.4 is 20.1 Å². The summed E-state index contributed by atoms with van der Waals surface area (Å²) >= 11 is 0. The summed E-state index contributed by atoms with van der Waals surface area (Å²) < 4.78 is 10.4. The second-order valence-corrected chi connectivity index (χ2v) is 4.49. The second kappa shape index (κ2) is 6.17. The molecule has 0 aromatic heterocycles. The first-order valence-electron chi connectivity index (χ1n) is 6.43. The standard InChI is InChI=1S/C16H18N2O3/c1-18(14-7-5-4-6-13(14)17)16(19)12-10-11(20-2)8-9-15(12)21-3/h4-10H,17H2,1-3H3. The van der Waals surface area contributed by atoms with E-state index >= 15 is 0 Å². The molecular weight excluding hydrogens is 268 g/mol. The molecule has 0 bridgehead atoms. The largest absolute Gasteiger partial charge is 0.497 e. The molecule has 0 unspecified atom stereocenters. The highest BCUT2D eigenvalue weighted by atomic mass is 16.5. The minimum absolute atomic E-state index is 0.219. The molecule has 0 saturated carbocycles. The molecule has 5 nitrogen and oxygen atoms in total. The van der Waals surface area contributed by atoms with Gasteiger partial charge in [-0.1, -0.05) is 12.1 Å². The third-order valence-electron chi connectivity index (χ3n) is 3.24. The Hall–Kier alpha value is -2.69. The predicted octanol–water partition coefficient (Wildman–Crippen LogP) is 2.56. The highest BCUT2D eigenvalue weighted by Gasteiger charge is 2.20. The quantitative estimate of drug-likeness (QED) is 0.877. The van der Waals surface area contributed by atoms with Crippen LogP contribution in [0.25, 0.3) is 0 Å². The third kappa shape index (κ3) is 2.91. The molecule has 0 heterocycles. The van der Waals surface area contributed by atoms with Crippen LogP contribution in [0, 0.1) is 0 Å². The highest BCUT2D eigenvalue weighted by Crippen LogP contribution is 2.28. The first-order valence-corrected chi connectivity index (χ1v) is 6.43. The van der Waals surface area contributed by atoms with E-state index in [9.17, 15) is 4.79 Å². The Balaban J connectivity index is 2.42. The van der Waals surface area contributed by atoms with Gasteiger partial charge in [-0.25, -0.2) is 0 Å². The Bertz CT molecular complexity index is 656. The maximum Gasteiger partial charge on any atom is 0.261 e. The Morgan fingerprint density at radius 2 is 1.81 bits per heavy atom. The number of para-hydroxylation sites is 2. The van der Waals surface area contributed by atoms with Crippen LogP contribution in [0.1, 0.15) is 10.4 Å². The summed E-state index contributed by atoms with van der Waals surface area (Å²) in [6, 6.07) is 12.3. The molecule has 2 rings (SSSR count). The van der Waals surface area contributed by atoms with Gasteiger partial charge < -0.3 is 20.1 Å². The van der Waals surface area contributed by atoms with E-state index in [0.717, 1.165) is 0 Å². The summed E-state index contributed by atoms with van der Waals surface area (Å²) in [5.41, 5.74) is 7.52. The molecule has 0 fully saturated rings. The number of ether oxygens (including phenoxy) is 2. The molecule has 2 aromatic carbocycles. The number of nitrogens with two attached hydrogens (primary N) is 1. The SMILES string of the molecule is COc1ccc(OC)c(C(=O)N(C)c2ccccc2N)c1. The van der Waals surface area contributed by atoms with Crippen molar-refractivity contribution in [3.05, 3.63) is 48.0 Å². The molecule has 1 amide bonds. The van der Waals surface area contributed by atoms with Gasteiger partial charge in [-0.3, -0.25) is 4.79 Å². The maximum atomic E-state index is 12.7. The first-order chi connectivity index (χ1) is 10.1. The van der Waals surface area contributed by atoms with Gasteiger partial charge in [0.05, 0.1) is 31.2 Å². The van der Waals surface area contributed by atoms with Crippen LogP contribution in [0.15, 0.2) is 42.5 Å². The van der Waals surface area contributed by atoms with E-state index in [1.54, 1.807) is 44.5 Å². The fourth-order valence-electron chi connectivity index (χ4n) is 2.06. The number of carbonyl (C=O) groups excluding carboxylic acids is 1. The zero-order valence-corrected chi connectivity index (χ0v) is 12.3. The van der Waals surface area contributed by atoms with E-state index in [0.29, 0.717) is 28.4 Å². The molecule has 0 aliphatic heterocycles. The van der Waals surface area contributed by atoms with Crippen molar-refractivity contribution in [2.24, 2.45) is 0 Å². The van der Waals surface area contributed by atoms with Gasteiger partial charge in [0.15, 0.2) is 0 Å². The average Bonchev–Trinajstić information content (AvgIpc) is 2.53. The normalized spacial score (nSPS) is 10.0. The number of amides is 1. The van der Waals surface area contributed by atoms with Crippen LogP contribution in [0.4, 0.5) is 11.4 Å². The number of hydrogen-bond donors (Lipinski definition) is 1. The van der Waals surface area contributed by atoms with Crippen LogP contribution >= 0.6 is 0 Å². The molecule has 0 radical (unpaired) electrons. The average molecular weight is 286 g/mol. The molecule has 0 atom stereocenters. The van der Waals surface area contributed by atoms with Gasteiger partial charge in [-0.2, -0.15) is 0 Å². The number of hydrogen-bond acceptors (Lipinski definition) is 4. The number of carbonyl (C=O) groups is 1. The van der Waals surface area contributed by atoms with Crippen LogP contribution in [0.3, 0.4) is 0 Å². The molecule has 5 heteroatoms. The van der Waals surface area contributed by atoms with E-state index in [4.69, 9.17) is 15.2 Å². The van der Waals surface area contributed by atoms with Crippen molar-refractivity contribution in [1.82, 2.24) is 0 Å². The van der Waals surface area contributed by atoms with Gasteiger partial charge in [0.2, 0.25) is 0 Å². The zero-order valence-electron chi connectivity index (χ0n) is 12.3. The van der Waals surface area contributed by atoms with Gasteiger partial charge in [0.1, 0.15) is 11.5 Å². The Morgan fingerprint density at radius 3 is 2.43 bits per heavy atom. The lowest BCUT2D eigenvalue weighted by Gasteiger charge is -2.20. The fourth-order valence-corrected chi connectivity index (χ4v) is 2.06. The summed E-state index contributed by atoms with van der Waals surface area (Å²) in [6.07, 6.45) is 0. The lowest BCUT2D eigenvalue weighted by Crippen LogP contribution is -2.27. The number of benzene rings is 2. The molecule has 0 aliphatic rings. The molecular formula is C16H18N2O3. The number of nitrogen functional groups attached to an aromatic ring is 1. The van der Waals surface area contributed by atoms with Crippen molar-refractivity contribution < 1.29 is 14.3 Å². The van der Waals surface area contributed by atoms with E-state index in [1.807, 2.05) is 12.1 Å². The third-order valence-corrected chi connectivity index (χ3v) is 3.24. The summed E-state index contributed by atoms with van der Waals surface area (Å²) in [4.78, 5) is 14.2. The maximum absolute atomic E-state index is 12.7. The predicted molar refractivity (Wildman–Crippen MR) is 83.1 cm³/mol. The van der Waals surface area contributed by atoms with Crippen LogP contribution in [0.5, 0.6) is 11.5 Å². The smallest absolute Gasteiger partial charge is 0.261 e. The van der Waals surface area contributed by atoms with Gasteiger partial charge in [0, 0.05) is 7.05 Å². The minimum Gasteiger partial charge on any atom is -0.497 e. The van der Waals surface area contributed by atoms with E-state index in [-0.39, 0.29) is 5.91 Å². The van der Waals surface area contributed by atoms with Crippen LogP contribution in [0.2, 0.25) is 0 Å². The zero-order chi connectivity index (χ0) is 15.4. The van der Waals surface area contributed by atoms with Crippen molar-refractivity contribution in [2.45, 2.75) is 0 Å². The van der Waals surface area contributed by atoms with E-state index < -0.39 is 0 Å². The molecule has 0 saturated heterocycles. The van der Waals surface area contributed by atoms with E-state index in [2.05, 4.69) is 0 Å². The number of rotatable bonds is 4. The molecule has 2 aromatic rings. The lowest BCUT2D eigenvalue weighted by molar-refractivity contribution is 0.0990. The number of anilines is 2. The molecule has 21 heavy (non-hydrogen) atoms. The van der Waals surface area contributed by atoms with Crippen molar-refractivity contribution in [1.29, 1.82) is 0 Å². The number of nitrogens with zero attached hydrogens (tertiary/aromatic N) is 1. The van der Waals surface area contributed by atoms with Crippen LogP contribution in [-0.2, 0) is 0 Å². The van der Waals surface area contributed by atoms with Gasteiger partial charge in [0.25, 0.3) is 5.91 Å². The molecule has 2 N–H and O–H groups in total. The number of methoxy groups -OCH3 is 2. The van der Waals surface area contributed by atoms with Gasteiger partial charge in [-0.05, 0) is 30.3 Å². The fraction of sp³-hybridized carbons (Fsp3) is 0.188.